The third-order valence-electron chi connectivity index (χ3n) is 2.41. The van der Waals surface area contributed by atoms with Gasteiger partial charge in [-0.25, -0.2) is 4.39 Å². The number of aliphatic hydroxyl groups excluding tert-OH is 1. The van der Waals surface area contributed by atoms with Gasteiger partial charge in [-0.05, 0) is 29.8 Å². The molecule has 0 aliphatic carbocycles. The van der Waals surface area contributed by atoms with Crippen LogP contribution in [0.25, 0.3) is 0 Å². The molecule has 0 bridgehead atoms. The Bertz CT molecular complexity index is 540. The number of halogens is 1. The minimum atomic E-state index is -0.452. The van der Waals surface area contributed by atoms with Crippen molar-refractivity contribution in [3.8, 4) is 17.2 Å². The van der Waals surface area contributed by atoms with Crippen molar-refractivity contribution in [3.05, 3.63) is 53.8 Å². The fraction of sp³-hybridized carbons (Fsp3) is 0.143. The standard InChI is InChI=1S/C14H13FO3/c1-17-13-4-2-3-5-14(13)18-12-7-10(9-16)6-11(15)8-12/h2-8,16H,9H2,1H3. The molecule has 0 radical (unpaired) electrons. The van der Waals surface area contributed by atoms with Crippen LogP contribution in [0.5, 0.6) is 17.2 Å². The van der Waals surface area contributed by atoms with Crippen molar-refractivity contribution in [2.45, 2.75) is 6.61 Å². The molecule has 2 aromatic rings. The van der Waals surface area contributed by atoms with Gasteiger partial charge in [0.15, 0.2) is 11.5 Å². The van der Waals surface area contributed by atoms with E-state index in [0.29, 0.717) is 22.8 Å². The fourth-order valence-corrected chi connectivity index (χ4v) is 1.60. The van der Waals surface area contributed by atoms with Crippen LogP contribution in [0.4, 0.5) is 4.39 Å². The molecule has 2 aromatic carbocycles. The van der Waals surface area contributed by atoms with Gasteiger partial charge in [0.1, 0.15) is 11.6 Å². The van der Waals surface area contributed by atoms with Crippen LogP contribution in [0.15, 0.2) is 42.5 Å². The first kappa shape index (κ1) is 12.4. The Morgan fingerprint density at radius 1 is 1.11 bits per heavy atom. The number of aliphatic hydroxyl groups is 1. The lowest BCUT2D eigenvalue weighted by Crippen LogP contribution is -1.92. The molecule has 0 atom stereocenters. The quantitative estimate of drug-likeness (QED) is 0.903. The number of benzene rings is 2. The van der Waals surface area contributed by atoms with E-state index in [9.17, 15) is 4.39 Å². The van der Waals surface area contributed by atoms with E-state index in [2.05, 4.69) is 0 Å². The average Bonchev–Trinajstić information content (AvgIpc) is 2.38. The van der Waals surface area contributed by atoms with Crippen LogP contribution in [-0.4, -0.2) is 12.2 Å². The summed E-state index contributed by atoms with van der Waals surface area (Å²) in [6.45, 7) is -0.236. The fourth-order valence-electron chi connectivity index (χ4n) is 1.60. The average molecular weight is 248 g/mol. The van der Waals surface area contributed by atoms with Gasteiger partial charge in [-0.3, -0.25) is 0 Å². The normalized spacial score (nSPS) is 10.2. The molecule has 1 N–H and O–H groups in total. The van der Waals surface area contributed by atoms with Gasteiger partial charge in [-0.2, -0.15) is 0 Å². The summed E-state index contributed by atoms with van der Waals surface area (Å²) in [5.41, 5.74) is 0.458. The SMILES string of the molecule is COc1ccccc1Oc1cc(F)cc(CO)c1. The molecule has 0 spiro atoms. The number of ether oxygens (including phenoxy) is 2. The highest BCUT2D eigenvalue weighted by atomic mass is 19.1. The summed E-state index contributed by atoms with van der Waals surface area (Å²) in [4.78, 5) is 0. The van der Waals surface area contributed by atoms with Gasteiger partial charge in [0.25, 0.3) is 0 Å². The molecule has 0 aliphatic rings. The first-order chi connectivity index (χ1) is 8.72. The maximum atomic E-state index is 13.3. The molecule has 18 heavy (non-hydrogen) atoms. The Labute approximate surface area is 104 Å². The zero-order valence-corrected chi connectivity index (χ0v) is 9.89. The van der Waals surface area contributed by atoms with Crippen LogP contribution in [0.3, 0.4) is 0 Å². The molecule has 0 unspecified atom stereocenters. The predicted molar refractivity (Wildman–Crippen MR) is 65.4 cm³/mol. The lowest BCUT2D eigenvalue weighted by molar-refractivity contribution is 0.280. The van der Waals surface area contributed by atoms with Crippen LogP contribution in [0, 0.1) is 5.82 Å². The van der Waals surface area contributed by atoms with E-state index in [1.165, 1.54) is 19.2 Å². The number of hydrogen-bond acceptors (Lipinski definition) is 3. The zero-order valence-electron chi connectivity index (χ0n) is 9.89. The molecule has 0 amide bonds. The minimum absolute atomic E-state index is 0.236. The van der Waals surface area contributed by atoms with Gasteiger partial charge in [-0.15, -0.1) is 0 Å². The second-order valence-corrected chi connectivity index (χ2v) is 3.71. The minimum Gasteiger partial charge on any atom is -0.493 e. The summed E-state index contributed by atoms with van der Waals surface area (Å²) in [5.74, 6) is 0.928. The second-order valence-electron chi connectivity index (χ2n) is 3.71. The highest BCUT2D eigenvalue weighted by molar-refractivity contribution is 5.43. The Morgan fingerprint density at radius 3 is 2.50 bits per heavy atom. The van der Waals surface area contributed by atoms with E-state index >= 15 is 0 Å². The van der Waals surface area contributed by atoms with E-state index in [4.69, 9.17) is 14.6 Å². The molecule has 0 heterocycles. The highest BCUT2D eigenvalue weighted by Crippen LogP contribution is 2.31. The highest BCUT2D eigenvalue weighted by Gasteiger charge is 2.06. The van der Waals surface area contributed by atoms with Gasteiger partial charge in [0.05, 0.1) is 13.7 Å². The van der Waals surface area contributed by atoms with Crippen molar-refractivity contribution < 1.29 is 19.0 Å². The van der Waals surface area contributed by atoms with E-state index < -0.39 is 5.82 Å². The summed E-state index contributed by atoms with van der Waals surface area (Å²) < 4.78 is 24.0. The Balaban J connectivity index is 2.30. The van der Waals surface area contributed by atoms with Crippen molar-refractivity contribution in [1.82, 2.24) is 0 Å². The molecule has 94 valence electrons. The summed E-state index contributed by atoms with van der Waals surface area (Å²) in [7, 11) is 1.53. The number of methoxy groups -OCH3 is 1. The largest absolute Gasteiger partial charge is 0.493 e. The van der Waals surface area contributed by atoms with Gasteiger partial charge < -0.3 is 14.6 Å². The van der Waals surface area contributed by atoms with Gasteiger partial charge in [-0.1, -0.05) is 12.1 Å². The van der Waals surface area contributed by atoms with Crippen molar-refractivity contribution in [2.75, 3.05) is 7.11 Å². The monoisotopic (exact) mass is 248 g/mol. The molecule has 0 saturated heterocycles. The zero-order chi connectivity index (χ0) is 13.0. The van der Waals surface area contributed by atoms with Crippen molar-refractivity contribution in [1.29, 1.82) is 0 Å². The molecular weight excluding hydrogens is 235 g/mol. The molecule has 0 fully saturated rings. The molecule has 0 aliphatic heterocycles. The molecule has 2 rings (SSSR count). The van der Waals surface area contributed by atoms with E-state index in [1.54, 1.807) is 24.3 Å². The maximum Gasteiger partial charge on any atom is 0.169 e. The van der Waals surface area contributed by atoms with Crippen LogP contribution in [0.2, 0.25) is 0 Å². The van der Waals surface area contributed by atoms with Crippen LogP contribution in [0.1, 0.15) is 5.56 Å². The number of rotatable bonds is 4. The Morgan fingerprint density at radius 2 is 1.83 bits per heavy atom. The van der Waals surface area contributed by atoms with E-state index in [-0.39, 0.29) is 6.61 Å². The third kappa shape index (κ3) is 2.78. The smallest absolute Gasteiger partial charge is 0.169 e. The van der Waals surface area contributed by atoms with E-state index in [0.717, 1.165) is 0 Å². The molecule has 4 heteroatoms. The van der Waals surface area contributed by atoms with Gasteiger partial charge in [0, 0.05) is 6.07 Å². The van der Waals surface area contributed by atoms with Crippen molar-refractivity contribution in [3.63, 3.8) is 0 Å². The first-order valence-corrected chi connectivity index (χ1v) is 5.44. The van der Waals surface area contributed by atoms with E-state index in [1.807, 2.05) is 6.07 Å². The summed E-state index contributed by atoms with van der Waals surface area (Å²) >= 11 is 0. The molecular formula is C14H13FO3. The van der Waals surface area contributed by atoms with Crippen LogP contribution in [-0.2, 0) is 6.61 Å². The molecule has 3 nitrogen and oxygen atoms in total. The topological polar surface area (TPSA) is 38.7 Å². The lowest BCUT2D eigenvalue weighted by Gasteiger charge is -2.10. The third-order valence-corrected chi connectivity index (χ3v) is 2.41. The maximum absolute atomic E-state index is 13.3. The Kier molecular flexibility index (Phi) is 3.79. The first-order valence-electron chi connectivity index (χ1n) is 5.44. The Hall–Kier alpha value is -2.07. The summed E-state index contributed by atoms with van der Waals surface area (Å²) in [6.07, 6.45) is 0. The van der Waals surface area contributed by atoms with Crippen LogP contribution >= 0.6 is 0 Å². The number of hydrogen-bond donors (Lipinski definition) is 1. The van der Waals surface area contributed by atoms with Gasteiger partial charge in [0.2, 0.25) is 0 Å². The lowest BCUT2D eigenvalue weighted by atomic mass is 10.2. The summed E-state index contributed by atoms with van der Waals surface area (Å²) in [6, 6.07) is 11.2. The summed E-state index contributed by atoms with van der Waals surface area (Å²) in [5, 5.41) is 9.01. The second kappa shape index (κ2) is 5.51. The molecule has 0 saturated carbocycles. The van der Waals surface area contributed by atoms with Crippen LogP contribution < -0.4 is 9.47 Å². The van der Waals surface area contributed by atoms with Gasteiger partial charge >= 0.3 is 0 Å². The van der Waals surface area contributed by atoms with Crippen molar-refractivity contribution in [2.24, 2.45) is 0 Å². The van der Waals surface area contributed by atoms with Crippen molar-refractivity contribution >= 4 is 0 Å². The number of para-hydroxylation sites is 2. The predicted octanol–water partition coefficient (Wildman–Crippen LogP) is 3.12. The molecule has 0 aromatic heterocycles.